The van der Waals surface area contributed by atoms with Gasteiger partial charge in [-0.25, -0.2) is 54.2 Å². The molecule has 4 aromatic rings. The molecule has 360 valence electrons. The Balaban J connectivity index is 0.000000453. The van der Waals surface area contributed by atoms with Gasteiger partial charge in [0.15, 0.2) is 0 Å². The third kappa shape index (κ3) is 17.8. The average molecular weight is 1030 g/mol. The van der Waals surface area contributed by atoms with Crippen molar-refractivity contribution >= 4 is 56.0 Å². The number of carbonyl (C=O) groups is 2. The summed E-state index contributed by atoms with van der Waals surface area (Å²) in [5.74, 6) is -4.28. The summed E-state index contributed by atoms with van der Waals surface area (Å²) in [6.07, 6.45) is 1.16. The Morgan fingerprint density at radius 1 is 0.612 bits per heavy atom. The van der Waals surface area contributed by atoms with Crippen molar-refractivity contribution in [3.8, 4) is 22.5 Å². The summed E-state index contributed by atoms with van der Waals surface area (Å²) in [7, 11) is -4.67. The zero-order valence-corrected chi connectivity index (χ0v) is 42.8. The number of carboxylic acid groups (broad SMARTS) is 2. The molecule has 0 aliphatic rings. The summed E-state index contributed by atoms with van der Waals surface area (Å²) in [5.41, 5.74) is 3.52. The topological polar surface area (TPSA) is 287 Å². The molecule has 4 N–H and O–H groups in total. The maximum absolute atomic E-state index is 13.5. The van der Waals surface area contributed by atoms with Crippen LogP contribution in [0.4, 0.5) is 20.7 Å². The molecule has 2 aromatic carbocycles. The van der Waals surface area contributed by atoms with Crippen LogP contribution in [0.5, 0.6) is 0 Å². The molecule has 0 saturated carbocycles. The van der Waals surface area contributed by atoms with Gasteiger partial charge in [0.25, 0.3) is 0 Å². The third-order valence-electron chi connectivity index (χ3n) is 9.62. The second-order valence-electron chi connectivity index (χ2n) is 15.9. The maximum Gasteiger partial charge on any atom is 2.00 e. The number of aromatic nitrogens is 4. The van der Waals surface area contributed by atoms with E-state index in [1.165, 1.54) is 86.9 Å². The predicted molar refractivity (Wildman–Crippen MR) is 240 cm³/mol. The molecule has 0 bridgehead atoms. The van der Waals surface area contributed by atoms with Crippen LogP contribution in [0.15, 0.2) is 60.7 Å². The van der Waals surface area contributed by atoms with Crippen LogP contribution in [0, 0.1) is 11.6 Å². The van der Waals surface area contributed by atoms with Gasteiger partial charge in [-0.2, -0.15) is 0 Å². The van der Waals surface area contributed by atoms with Crippen molar-refractivity contribution in [3.63, 3.8) is 0 Å². The minimum absolute atomic E-state index is 0. The molecule has 67 heavy (non-hydrogen) atoms. The number of halogens is 2. The first kappa shape index (κ1) is 58.0. The summed E-state index contributed by atoms with van der Waals surface area (Å²) in [6.45, 7) is 7.38. The van der Waals surface area contributed by atoms with Gasteiger partial charge in [0.1, 0.15) is 11.6 Å². The van der Waals surface area contributed by atoms with Crippen molar-refractivity contribution in [2.45, 2.75) is 89.6 Å². The molecule has 0 radical (unpaired) electrons. The fourth-order valence-corrected chi connectivity index (χ4v) is 6.83. The van der Waals surface area contributed by atoms with Crippen LogP contribution in [-0.2, 0) is 49.1 Å². The van der Waals surface area contributed by atoms with E-state index in [2.05, 4.69) is 19.9 Å². The summed E-state index contributed by atoms with van der Waals surface area (Å²) in [6, 6.07) is 10.9. The van der Waals surface area contributed by atoms with Gasteiger partial charge in [-0.1, -0.05) is 52.0 Å². The van der Waals surface area contributed by atoms with Crippen molar-refractivity contribution in [2.75, 3.05) is 35.2 Å². The number of aliphatic hydroxyl groups is 4. The average Bonchev–Trinajstić information content (AvgIpc) is 3.20. The summed E-state index contributed by atoms with van der Waals surface area (Å²) in [4.78, 5) is 38.9. The summed E-state index contributed by atoms with van der Waals surface area (Å²) >= 11 is 0. The number of carboxylic acids is 2. The van der Waals surface area contributed by atoms with Crippen LogP contribution in [0.1, 0.15) is 87.7 Å². The molecule has 4 unspecified atom stereocenters. The first-order valence-electron chi connectivity index (χ1n) is 20.3. The minimum Gasteiger partial charge on any atom is -0.550 e. The van der Waals surface area contributed by atoms with Crippen LogP contribution in [0.3, 0.4) is 0 Å². The molecule has 0 saturated heterocycles. The molecular formula is C44H54F2N6O12S2Zn. The van der Waals surface area contributed by atoms with E-state index in [0.717, 1.165) is 21.1 Å². The Morgan fingerprint density at radius 3 is 1.16 bits per heavy atom. The van der Waals surface area contributed by atoms with E-state index in [1.54, 1.807) is 0 Å². The van der Waals surface area contributed by atoms with Crippen molar-refractivity contribution in [2.24, 2.45) is 0 Å². The number of aliphatic carboxylic acids is 2. The van der Waals surface area contributed by atoms with Gasteiger partial charge in [-0.3, -0.25) is 0 Å². The molecule has 4 rings (SSSR count). The normalized spacial score (nSPS) is 13.7. The number of hydrogen-bond donors (Lipinski definition) is 4. The number of nitrogens with zero attached hydrogens (tertiary/aromatic N) is 6. The quantitative estimate of drug-likeness (QED) is 0.0923. The van der Waals surface area contributed by atoms with Crippen LogP contribution < -0.4 is 18.8 Å². The SMILES string of the molecule is CC(C)c1nc(N(C)S(C)(=O)=O)nc(-c2ccc(F)cc2)c1/C=C/C(O)CC(O)CC(=O)[O-].CC(C)c1nc(N(C)S(C)(=O)=O)nc(-c2ccc(F)cc2)c1/C=C/C(O)CC(O)CC(=O)[O-].[Zn+2]. The van der Waals surface area contributed by atoms with Crippen molar-refractivity contribution in [1.82, 2.24) is 19.9 Å². The first-order chi connectivity index (χ1) is 30.6. The van der Waals surface area contributed by atoms with Crippen LogP contribution in [-0.4, -0.2) is 120 Å². The fraction of sp³-hybridized carbons (Fsp3) is 0.409. The first-order valence-corrected chi connectivity index (χ1v) is 24.0. The Bertz CT molecular complexity index is 2430. The molecule has 0 amide bonds. The third-order valence-corrected chi connectivity index (χ3v) is 11.9. The smallest absolute Gasteiger partial charge is 0.550 e. The van der Waals surface area contributed by atoms with Gasteiger partial charge in [-0.15, -0.1) is 0 Å². The summed E-state index contributed by atoms with van der Waals surface area (Å²) < 4.78 is 77.1. The Morgan fingerprint density at radius 2 is 0.910 bits per heavy atom. The van der Waals surface area contributed by atoms with Crippen LogP contribution in [0.2, 0.25) is 0 Å². The van der Waals surface area contributed by atoms with Crippen LogP contribution in [0.25, 0.3) is 34.7 Å². The Labute approximate surface area is 401 Å². The molecule has 4 atom stereocenters. The van der Waals surface area contributed by atoms with E-state index in [1.807, 2.05) is 27.7 Å². The largest absolute Gasteiger partial charge is 2.00 e. The fourth-order valence-electron chi connectivity index (χ4n) is 6.07. The Hall–Kier alpha value is -5.16. The predicted octanol–water partition coefficient (Wildman–Crippen LogP) is 2.13. The number of anilines is 2. The zero-order chi connectivity index (χ0) is 49.8. The molecule has 2 aromatic heterocycles. The number of aliphatic hydroxyl groups excluding tert-OH is 4. The molecule has 2 heterocycles. The number of benzene rings is 2. The molecule has 18 nitrogen and oxygen atoms in total. The molecular weight excluding hydrogens is 972 g/mol. The van der Waals surface area contributed by atoms with Crippen molar-refractivity contribution < 1.29 is 85.3 Å². The van der Waals surface area contributed by atoms with E-state index in [9.17, 15) is 65.8 Å². The molecule has 0 spiro atoms. The standard InChI is InChI=1S/2C22H28FN3O6S.Zn/c2*1-13(2)20-18(10-9-16(27)11-17(28)12-19(29)30)21(14-5-7-15(23)8-6-14)25-22(24-20)26(3)33(4,31)32;/h2*5-10,13,16-17,27-28H,11-12H2,1-4H3,(H,29,30);/q;;+2/p-2/b2*10-9+;. The number of carbonyl (C=O) groups excluding carboxylic acids is 2. The van der Waals surface area contributed by atoms with Gasteiger partial charge in [0.2, 0.25) is 31.9 Å². The van der Waals surface area contributed by atoms with Gasteiger partial charge in [0.05, 0.1) is 59.7 Å². The number of sulfonamides is 2. The molecule has 0 aliphatic carbocycles. The summed E-state index contributed by atoms with van der Waals surface area (Å²) in [5, 5.41) is 61.1. The van der Waals surface area contributed by atoms with Crippen LogP contribution >= 0.6 is 0 Å². The second kappa shape index (κ2) is 25.3. The van der Waals surface area contributed by atoms with E-state index in [4.69, 9.17) is 0 Å². The van der Waals surface area contributed by atoms with Gasteiger partial charge in [0, 0.05) is 74.0 Å². The monoisotopic (exact) mass is 1020 g/mol. The number of rotatable bonds is 20. The molecule has 0 fully saturated rings. The Kier molecular flexibility index (Phi) is 21.9. The minimum atomic E-state index is -3.66. The van der Waals surface area contributed by atoms with Gasteiger partial charge in [-0.05, 0) is 60.4 Å². The van der Waals surface area contributed by atoms with E-state index >= 15 is 0 Å². The number of hydrogen-bond acceptors (Lipinski definition) is 16. The zero-order valence-electron chi connectivity index (χ0n) is 38.2. The van der Waals surface area contributed by atoms with Crippen molar-refractivity contribution in [3.05, 3.63) is 94.8 Å². The maximum atomic E-state index is 13.5. The van der Waals surface area contributed by atoms with E-state index in [-0.39, 0.29) is 56.1 Å². The molecule has 0 aliphatic heterocycles. The second-order valence-corrected chi connectivity index (χ2v) is 19.9. The van der Waals surface area contributed by atoms with Crippen molar-refractivity contribution in [1.29, 1.82) is 0 Å². The van der Waals surface area contributed by atoms with Gasteiger partial charge < -0.3 is 40.2 Å². The van der Waals surface area contributed by atoms with E-state index < -0.39 is 80.9 Å². The van der Waals surface area contributed by atoms with E-state index in [0.29, 0.717) is 45.0 Å². The van der Waals surface area contributed by atoms with Gasteiger partial charge >= 0.3 is 19.5 Å². The molecule has 23 heteroatoms.